The molecule has 0 amide bonds. The van der Waals surface area contributed by atoms with Gasteiger partial charge in [0.1, 0.15) is 11.6 Å². The van der Waals surface area contributed by atoms with Crippen LogP contribution in [0.25, 0.3) is 6.08 Å². The van der Waals surface area contributed by atoms with Gasteiger partial charge in [0.05, 0.1) is 5.56 Å². The molecule has 2 aromatic carbocycles. The van der Waals surface area contributed by atoms with Crippen molar-refractivity contribution in [1.82, 2.24) is 4.98 Å². The fourth-order valence-electron chi connectivity index (χ4n) is 2.10. The lowest BCUT2D eigenvalue weighted by molar-refractivity contribution is 0.104. The van der Waals surface area contributed by atoms with Crippen molar-refractivity contribution in [2.45, 2.75) is 0 Å². The second-order valence-electron chi connectivity index (χ2n) is 5.02. The van der Waals surface area contributed by atoms with E-state index in [1.807, 2.05) is 30.3 Å². The van der Waals surface area contributed by atoms with Gasteiger partial charge in [0.25, 0.3) is 0 Å². The molecular formula is C20H14FNO2. The molecule has 0 fully saturated rings. The number of pyridine rings is 1. The van der Waals surface area contributed by atoms with E-state index in [9.17, 15) is 9.18 Å². The highest BCUT2D eigenvalue weighted by Crippen LogP contribution is 2.23. The van der Waals surface area contributed by atoms with Gasteiger partial charge < -0.3 is 4.74 Å². The van der Waals surface area contributed by atoms with Gasteiger partial charge in [-0.15, -0.1) is 0 Å². The van der Waals surface area contributed by atoms with Gasteiger partial charge >= 0.3 is 0 Å². The van der Waals surface area contributed by atoms with E-state index >= 15 is 0 Å². The van der Waals surface area contributed by atoms with E-state index in [1.165, 1.54) is 36.5 Å². The molecule has 1 aromatic heterocycles. The Morgan fingerprint density at radius 1 is 0.958 bits per heavy atom. The predicted octanol–water partition coefficient (Wildman–Crippen LogP) is 4.91. The minimum absolute atomic E-state index is 0.187. The van der Waals surface area contributed by atoms with Crippen LogP contribution in [0.15, 0.2) is 79.0 Å². The van der Waals surface area contributed by atoms with Gasteiger partial charge in [0.2, 0.25) is 5.88 Å². The Hall–Kier alpha value is -3.27. The van der Waals surface area contributed by atoms with Crippen molar-refractivity contribution < 1.29 is 13.9 Å². The van der Waals surface area contributed by atoms with E-state index < -0.39 is 0 Å². The number of rotatable bonds is 5. The number of allylic oxidation sites excluding steroid dienone is 1. The van der Waals surface area contributed by atoms with Crippen molar-refractivity contribution in [3.05, 3.63) is 95.9 Å². The number of ether oxygens (including phenoxy) is 1. The molecule has 0 saturated carbocycles. The summed E-state index contributed by atoms with van der Waals surface area (Å²) in [4.78, 5) is 16.5. The maximum Gasteiger partial charge on any atom is 0.230 e. The molecule has 0 radical (unpaired) electrons. The van der Waals surface area contributed by atoms with Crippen LogP contribution in [0.2, 0.25) is 0 Å². The van der Waals surface area contributed by atoms with Gasteiger partial charge in [-0.05, 0) is 48.0 Å². The Labute approximate surface area is 139 Å². The summed E-state index contributed by atoms with van der Waals surface area (Å²) in [5, 5.41) is 0. The van der Waals surface area contributed by atoms with Crippen molar-refractivity contribution >= 4 is 11.9 Å². The zero-order valence-corrected chi connectivity index (χ0v) is 12.7. The monoisotopic (exact) mass is 319 g/mol. The molecule has 3 aromatic rings. The summed E-state index contributed by atoms with van der Waals surface area (Å²) < 4.78 is 18.6. The van der Waals surface area contributed by atoms with Crippen molar-refractivity contribution in [2.24, 2.45) is 0 Å². The minimum atomic E-state index is -0.356. The second-order valence-corrected chi connectivity index (χ2v) is 5.02. The van der Waals surface area contributed by atoms with Gasteiger partial charge in [-0.2, -0.15) is 0 Å². The average molecular weight is 319 g/mol. The van der Waals surface area contributed by atoms with E-state index in [1.54, 1.807) is 18.2 Å². The summed E-state index contributed by atoms with van der Waals surface area (Å²) in [6.45, 7) is 0. The summed E-state index contributed by atoms with van der Waals surface area (Å²) >= 11 is 0. The molecule has 4 heteroatoms. The highest BCUT2D eigenvalue weighted by Gasteiger charge is 2.12. The predicted molar refractivity (Wildman–Crippen MR) is 90.5 cm³/mol. The molecular weight excluding hydrogens is 305 g/mol. The smallest absolute Gasteiger partial charge is 0.230 e. The Kier molecular flexibility index (Phi) is 4.77. The first-order valence-corrected chi connectivity index (χ1v) is 7.38. The Morgan fingerprint density at radius 3 is 2.46 bits per heavy atom. The molecule has 3 nitrogen and oxygen atoms in total. The molecule has 0 atom stereocenters. The van der Waals surface area contributed by atoms with E-state index in [-0.39, 0.29) is 17.5 Å². The molecule has 0 aliphatic rings. The number of halogens is 1. The van der Waals surface area contributed by atoms with Gasteiger partial charge in [0.15, 0.2) is 5.78 Å². The van der Waals surface area contributed by atoms with Crippen LogP contribution in [0.4, 0.5) is 4.39 Å². The van der Waals surface area contributed by atoms with Gasteiger partial charge in [0, 0.05) is 6.20 Å². The van der Waals surface area contributed by atoms with Crippen LogP contribution >= 0.6 is 0 Å². The van der Waals surface area contributed by atoms with Crippen LogP contribution in [0, 0.1) is 5.82 Å². The van der Waals surface area contributed by atoms with Crippen LogP contribution in [0.5, 0.6) is 11.6 Å². The van der Waals surface area contributed by atoms with Gasteiger partial charge in [-0.1, -0.05) is 36.4 Å². The first-order valence-electron chi connectivity index (χ1n) is 7.38. The Balaban J connectivity index is 1.82. The number of ketones is 1. The van der Waals surface area contributed by atoms with Crippen LogP contribution in [0.1, 0.15) is 15.9 Å². The molecule has 0 unspecified atom stereocenters. The van der Waals surface area contributed by atoms with E-state index in [2.05, 4.69) is 4.98 Å². The molecule has 3 rings (SSSR count). The standard InChI is InChI=1S/C20H14FNO2/c21-16-9-11-17(12-10-16)24-20-18(7-4-14-22-20)19(23)13-8-15-5-2-1-3-6-15/h1-14H. The third-order valence-corrected chi connectivity index (χ3v) is 3.29. The number of aromatic nitrogens is 1. The highest BCUT2D eigenvalue weighted by atomic mass is 19.1. The zero-order chi connectivity index (χ0) is 16.8. The number of carbonyl (C=O) groups is 1. The van der Waals surface area contributed by atoms with E-state index in [0.29, 0.717) is 11.3 Å². The summed E-state index contributed by atoms with van der Waals surface area (Å²) in [6.07, 6.45) is 4.75. The highest BCUT2D eigenvalue weighted by molar-refractivity contribution is 6.08. The molecule has 1 heterocycles. The van der Waals surface area contributed by atoms with E-state index in [4.69, 9.17) is 4.74 Å². The molecule has 0 spiro atoms. The lowest BCUT2D eigenvalue weighted by atomic mass is 10.1. The topological polar surface area (TPSA) is 39.2 Å². The SMILES string of the molecule is O=C(C=Cc1ccccc1)c1cccnc1Oc1ccc(F)cc1. The minimum Gasteiger partial charge on any atom is -0.438 e. The first kappa shape index (κ1) is 15.6. The fraction of sp³-hybridized carbons (Fsp3) is 0. The lowest BCUT2D eigenvalue weighted by Gasteiger charge is -2.07. The third-order valence-electron chi connectivity index (χ3n) is 3.29. The maximum absolute atomic E-state index is 13.0. The maximum atomic E-state index is 13.0. The number of hydrogen-bond acceptors (Lipinski definition) is 3. The molecule has 24 heavy (non-hydrogen) atoms. The average Bonchev–Trinajstić information content (AvgIpc) is 2.63. The zero-order valence-electron chi connectivity index (χ0n) is 12.7. The first-order chi connectivity index (χ1) is 11.7. The molecule has 0 aliphatic carbocycles. The summed E-state index contributed by atoms with van der Waals surface area (Å²) in [7, 11) is 0. The summed E-state index contributed by atoms with van der Waals surface area (Å²) in [5.74, 6) is 0.0255. The summed E-state index contributed by atoms with van der Waals surface area (Å²) in [5.41, 5.74) is 1.27. The molecule has 0 aliphatic heterocycles. The molecule has 0 saturated heterocycles. The van der Waals surface area contributed by atoms with Crippen molar-refractivity contribution in [2.75, 3.05) is 0 Å². The Morgan fingerprint density at radius 2 is 1.71 bits per heavy atom. The van der Waals surface area contributed by atoms with Crippen LogP contribution < -0.4 is 4.74 Å². The lowest BCUT2D eigenvalue weighted by Crippen LogP contribution is -2.00. The second kappa shape index (κ2) is 7.33. The quantitative estimate of drug-likeness (QED) is 0.495. The number of hydrogen-bond donors (Lipinski definition) is 0. The third kappa shape index (κ3) is 3.93. The van der Waals surface area contributed by atoms with Crippen molar-refractivity contribution in [3.8, 4) is 11.6 Å². The van der Waals surface area contributed by atoms with Gasteiger partial charge in [-0.25, -0.2) is 9.37 Å². The number of carbonyl (C=O) groups excluding carboxylic acids is 1. The van der Waals surface area contributed by atoms with Gasteiger partial charge in [-0.3, -0.25) is 4.79 Å². The number of benzene rings is 2. The molecule has 118 valence electrons. The molecule has 0 bridgehead atoms. The molecule has 0 N–H and O–H groups in total. The normalized spacial score (nSPS) is 10.7. The largest absolute Gasteiger partial charge is 0.438 e. The van der Waals surface area contributed by atoms with Crippen LogP contribution in [-0.4, -0.2) is 10.8 Å². The fourth-order valence-corrected chi connectivity index (χ4v) is 2.10. The van der Waals surface area contributed by atoms with Crippen molar-refractivity contribution in [3.63, 3.8) is 0 Å². The van der Waals surface area contributed by atoms with Crippen molar-refractivity contribution in [1.29, 1.82) is 0 Å². The summed E-state index contributed by atoms with van der Waals surface area (Å²) in [6, 6.07) is 18.4. The number of nitrogens with zero attached hydrogens (tertiary/aromatic N) is 1. The van der Waals surface area contributed by atoms with E-state index in [0.717, 1.165) is 5.56 Å². The Bertz CT molecular complexity index is 858. The van der Waals surface area contributed by atoms with Crippen LogP contribution in [-0.2, 0) is 0 Å². The van der Waals surface area contributed by atoms with Crippen LogP contribution in [0.3, 0.4) is 0 Å².